The van der Waals surface area contributed by atoms with Gasteiger partial charge in [0.05, 0.1) is 105 Å². The Kier molecular flexibility index (Phi) is 31.9. The average molecular weight is 823 g/mol. The number of rotatable bonds is 33. The van der Waals surface area contributed by atoms with Crippen molar-refractivity contribution in [1.29, 1.82) is 0 Å². The van der Waals surface area contributed by atoms with Gasteiger partial charge in [0.2, 0.25) is 11.8 Å². The summed E-state index contributed by atoms with van der Waals surface area (Å²) in [5, 5.41) is 33.8. The third-order valence-electron chi connectivity index (χ3n) is 8.56. The number of carbonyl (C=O) groups is 5. The van der Waals surface area contributed by atoms with Crippen molar-refractivity contribution < 1.29 is 67.7 Å². The maximum Gasteiger partial charge on any atom is 0.317 e. The number of hydrogen-bond acceptors (Lipinski definition) is 15. The number of carbonyl (C=O) groups excluding carboxylic acids is 2. The third kappa shape index (κ3) is 33.6. The Morgan fingerprint density at radius 1 is 0.456 bits per heavy atom. The second kappa shape index (κ2) is 34.9. The van der Waals surface area contributed by atoms with E-state index in [4.69, 9.17) is 28.4 Å². The predicted octanol–water partition coefficient (Wildman–Crippen LogP) is -1.38. The van der Waals surface area contributed by atoms with Gasteiger partial charge in [-0.05, 0) is 18.8 Å². The van der Waals surface area contributed by atoms with Gasteiger partial charge in [-0.25, -0.2) is 0 Å². The van der Waals surface area contributed by atoms with Crippen LogP contribution >= 0.6 is 0 Å². The summed E-state index contributed by atoms with van der Waals surface area (Å²) < 4.78 is 32.9. The molecular formula is C37H70N6O14. The standard InChI is InChI=1S/C37H70N6O14/c1-32(2)4-3-6-38-33(44)5-16-52-18-20-54-22-24-56-26-27-57-25-23-55-21-19-53-17-7-39-34(45)28-40-8-10-41(29-35(46)47)12-14-43(31-37(50)51)15-13-42(11-9-40)30-36(48)49/h32H,3-31H2,1-2H3,(H,38,44)(H,39,45)(H,46,47)(H,48,49)(H,50,51). The smallest absolute Gasteiger partial charge is 0.317 e. The van der Waals surface area contributed by atoms with Crippen molar-refractivity contribution in [2.75, 3.05) is 171 Å². The lowest BCUT2D eigenvalue weighted by molar-refractivity contribution is -0.140. The summed E-state index contributed by atoms with van der Waals surface area (Å²) in [6, 6.07) is 0. The maximum atomic E-state index is 12.7. The van der Waals surface area contributed by atoms with Gasteiger partial charge in [0, 0.05) is 71.9 Å². The first-order valence-electron chi connectivity index (χ1n) is 20.0. The van der Waals surface area contributed by atoms with E-state index in [1.807, 2.05) is 4.90 Å². The van der Waals surface area contributed by atoms with Crippen molar-refractivity contribution in [1.82, 2.24) is 30.2 Å². The zero-order valence-electron chi connectivity index (χ0n) is 34.2. The maximum absolute atomic E-state index is 12.7. The topological polar surface area (TPSA) is 238 Å². The molecule has 0 aromatic heterocycles. The Labute approximate surface area is 337 Å². The lowest BCUT2D eigenvalue weighted by Crippen LogP contribution is -2.50. The number of carboxylic acid groups (broad SMARTS) is 3. The van der Waals surface area contributed by atoms with Crippen LogP contribution < -0.4 is 10.6 Å². The molecule has 0 aromatic carbocycles. The molecule has 332 valence electrons. The Bertz CT molecular complexity index is 1060. The van der Waals surface area contributed by atoms with Crippen molar-refractivity contribution in [3.63, 3.8) is 0 Å². The fourth-order valence-corrected chi connectivity index (χ4v) is 5.50. The summed E-state index contributed by atoms with van der Waals surface area (Å²) >= 11 is 0. The number of nitrogens with one attached hydrogen (secondary N) is 2. The van der Waals surface area contributed by atoms with E-state index in [1.165, 1.54) is 0 Å². The lowest BCUT2D eigenvalue weighted by atomic mass is 10.1. The van der Waals surface area contributed by atoms with Crippen molar-refractivity contribution in [3.05, 3.63) is 0 Å². The summed E-state index contributed by atoms with van der Waals surface area (Å²) in [6.07, 6.45) is 2.43. The number of carboxylic acids is 3. The molecule has 0 aromatic rings. The highest BCUT2D eigenvalue weighted by atomic mass is 16.6. The zero-order valence-corrected chi connectivity index (χ0v) is 34.2. The van der Waals surface area contributed by atoms with E-state index in [-0.39, 0.29) is 51.1 Å². The molecule has 1 rings (SSSR count). The molecule has 1 heterocycles. The predicted molar refractivity (Wildman–Crippen MR) is 208 cm³/mol. The van der Waals surface area contributed by atoms with Crippen LogP contribution in [0.1, 0.15) is 33.1 Å². The molecule has 1 saturated heterocycles. The molecule has 0 aliphatic carbocycles. The first-order chi connectivity index (χ1) is 27.4. The molecular weight excluding hydrogens is 752 g/mol. The molecule has 5 N–H and O–H groups in total. The number of ether oxygens (including phenoxy) is 6. The molecule has 0 saturated carbocycles. The first-order valence-corrected chi connectivity index (χ1v) is 20.0. The Hall–Kier alpha value is -3.05. The van der Waals surface area contributed by atoms with Gasteiger partial charge in [0.1, 0.15) is 0 Å². The molecule has 0 atom stereocenters. The van der Waals surface area contributed by atoms with Gasteiger partial charge < -0.3 is 54.4 Å². The highest BCUT2D eigenvalue weighted by Gasteiger charge is 2.21. The summed E-state index contributed by atoms with van der Waals surface area (Å²) in [5.74, 6) is -2.64. The van der Waals surface area contributed by atoms with Crippen LogP contribution in [0.25, 0.3) is 0 Å². The van der Waals surface area contributed by atoms with Crippen LogP contribution in [0.2, 0.25) is 0 Å². The van der Waals surface area contributed by atoms with Gasteiger partial charge in [0.25, 0.3) is 0 Å². The van der Waals surface area contributed by atoms with Crippen LogP contribution in [-0.4, -0.2) is 236 Å². The van der Waals surface area contributed by atoms with Gasteiger partial charge in [-0.3, -0.25) is 43.6 Å². The van der Waals surface area contributed by atoms with Crippen LogP contribution in [0.15, 0.2) is 0 Å². The summed E-state index contributed by atoms with van der Waals surface area (Å²) in [7, 11) is 0. The average Bonchev–Trinajstić information content (AvgIpc) is 3.14. The molecule has 0 spiro atoms. The van der Waals surface area contributed by atoms with E-state index in [9.17, 15) is 39.3 Å². The van der Waals surface area contributed by atoms with Crippen LogP contribution in [0.3, 0.4) is 0 Å². The highest BCUT2D eigenvalue weighted by Crippen LogP contribution is 2.03. The molecule has 0 bridgehead atoms. The second-order valence-electron chi connectivity index (χ2n) is 13.9. The minimum atomic E-state index is -1.02. The van der Waals surface area contributed by atoms with E-state index in [0.717, 1.165) is 12.8 Å². The quantitative estimate of drug-likeness (QED) is 0.0480. The monoisotopic (exact) mass is 822 g/mol. The molecule has 2 amide bonds. The van der Waals surface area contributed by atoms with Gasteiger partial charge in [-0.1, -0.05) is 13.8 Å². The van der Waals surface area contributed by atoms with Crippen molar-refractivity contribution in [2.24, 2.45) is 5.92 Å². The molecule has 1 aliphatic rings. The molecule has 1 aliphatic heterocycles. The van der Waals surface area contributed by atoms with Crippen molar-refractivity contribution >= 4 is 29.7 Å². The molecule has 20 nitrogen and oxygen atoms in total. The molecule has 1 fully saturated rings. The van der Waals surface area contributed by atoms with Crippen LogP contribution in [0.5, 0.6) is 0 Å². The highest BCUT2D eigenvalue weighted by molar-refractivity contribution is 5.78. The van der Waals surface area contributed by atoms with Gasteiger partial charge in [-0.15, -0.1) is 0 Å². The summed E-state index contributed by atoms with van der Waals surface area (Å²) in [4.78, 5) is 65.7. The Morgan fingerprint density at radius 2 is 0.772 bits per heavy atom. The number of hydrogen-bond donors (Lipinski definition) is 5. The number of nitrogens with zero attached hydrogens (tertiary/aromatic N) is 4. The fraction of sp³-hybridized carbons (Fsp3) is 0.865. The lowest BCUT2D eigenvalue weighted by Gasteiger charge is -2.32. The SMILES string of the molecule is CC(C)CCCNC(=O)CCOCCOCCOCCOCCOCCOCCNC(=O)CN1CCN(CC(=O)O)CCN(CC(=O)O)CCN(CC(=O)O)CC1. The Morgan fingerprint density at radius 3 is 1.12 bits per heavy atom. The minimum Gasteiger partial charge on any atom is -0.480 e. The molecule has 57 heavy (non-hydrogen) atoms. The van der Waals surface area contributed by atoms with Gasteiger partial charge in [0.15, 0.2) is 0 Å². The van der Waals surface area contributed by atoms with E-state index in [2.05, 4.69) is 24.5 Å². The van der Waals surface area contributed by atoms with Crippen LogP contribution in [0.4, 0.5) is 0 Å². The summed E-state index contributed by atoms with van der Waals surface area (Å²) in [5.41, 5.74) is 0. The normalized spacial score (nSPS) is 15.6. The molecule has 0 radical (unpaired) electrons. The number of aliphatic carboxylic acids is 3. The van der Waals surface area contributed by atoms with Gasteiger partial charge in [-0.2, -0.15) is 0 Å². The van der Waals surface area contributed by atoms with E-state index in [0.29, 0.717) is 144 Å². The van der Waals surface area contributed by atoms with E-state index >= 15 is 0 Å². The van der Waals surface area contributed by atoms with Gasteiger partial charge >= 0.3 is 17.9 Å². The van der Waals surface area contributed by atoms with Crippen molar-refractivity contribution in [3.8, 4) is 0 Å². The zero-order chi connectivity index (χ0) is 41.9. The minimum absolute atomic E-state index is 0.00636. The fourth-order valence-electron chi connectivity index (χ4n) is 5.50. The third-order valence-corrected chi connectivity index (χ3v) is 8.56. The largest absolute Gasteiger partial charge is 0.480 e. The van der Waals surface area contributed by atoms with Crippen molar-refractivity contribution in [2.45, 2.75) is 33.1 Å². The van der Waals surface area contributed by atoms with Crippen LogP contribution in [-0.2, 0) is 52.4 Å². The number of amides is 2. The molecule has 0 unspecified atom stereocenters. The first kappa shape index (κ1) is 52.0. The van der Waals surface area contributed by atoms with Crippen LogP contribution in [0, 0.1) is 5.92 Å². The van der Waals surface area contributed by atoms with E-state index in [1.54, 1.807) is 14.7 Å². The second-order valence-corrected chi connectivity index (χ2v) is 13.9. The molecule has 20 heteroatoms. The van der Waals surface area contributed by atoms with E-state index < -0.39 is 17.9 Å². The Balaban J connectivity index is 2.10. The summed E-state index contributed by atoms with van der Waals surface area (Å²) in [6.45, 7) is 12.0.